The molecule has 4 rings (SSSR count). The summed E-state index contributed by atoms with van der Waals surface area (Å²) in [6.07, 6.45) is 5.70. The molecule has 1 aliphatic carbocycles. The molecule has 0 spiro atoms. The number of hydrogen-bond acceptors (Lipinski definition) is 5. The molecule has 1 fully saturated rings. The molecule has 2 heterocycles. The van der Waals surface area contributed by atoms with E-state index in [1.807, 2.05) is 31.1 Å². The Hall–Kier alpha value is -2.44. The van der Waals surface area contributed by atoms with Gasteiger partial charge < -0.3 is 14.6 Å². The van der Waals surface area contributed by atoms with Gasteiger partial charge in [-0.1, -0.05) is 30.3 Å². The number of hydrogen-bond donors (Lipinski definition) is 1. The summed E-state index contributed by atoms with van der Waals surface area (Å²) in [4.78, 5) is 19.4. The second kappa shape index (κ2) is 7.90. The first-order valence-electron chi connectivity index (χ1n) is 9.86. The van der Waals surface area contributed by atoms with Gasteiger partial charge in [-0.25, -0.2) is 4.79 Å². The Kier molecular flexibility index (Phi) is 5.33. The van der Waals surface area contributed by atoms with Crippen molar-refractivity contribution in [2.24, 2.45) is 5.92 Å². The van der Waals surface area contributed by atoms with E-state index in [2.05, 4.69) is 23.0 Å². The van der Waals surface area contributed by atoms with Crippen molar-refractivity contribution in [3.63, 3.8) is 0 Å². The summed E-state index contributed by atoms with van der Waals surface area (Å²) in [6, 6.07) is 12.1. The van der Waals surface area contributed by atoms with Gasteiger partial charge in [0.05, 0.1) is 18.4 Å². The Balaban J connectivity index is 1.82. The molecule has 2 aliphatic rings. The monoisotopic (exact) mass is 376 g/mol. The third-order valence-corrected chi connectivity index (χ3v) is 6.03. The summed E-state index contributed by atoms with van der Waals surface area (Å²) in [5.74, 6) is 0.172. The summed E-state index contributed by atoms with van der Waals surface area (Å²) in [7, 11) is 1.000. The molecule has 0 amide bonds. The van der Waals surface area contributed by atoms with E-state index in [1.165, 1.54) is 12.7 Å². The van der Waals surface area contributed by atoms with Gasteiger partial charge in [0.15, 0.2) is 0 Å². The van der Waals surface area contributed by atoms with Crippen molar-refractivity contribution >= 4 is 24.7 Å². The average molecular weight is 376 g/mol. The van der Waals surface area contributed by atoms with Gasteiger partial charge >= 0.3 is 13.0 Å². The Morgan fingerprint density at radius 1 is 1.21 bits per heavy atom. The summed E-state index contributed by atoms with van der Waals surface area (Å²) < 4.78 is 5.07. The zero-order chi connectivity index (χ0) is 19.7. The Labute approximate surface area is 166 Å². The minimum Gasteiger partial charge on any atom is -0.465 e. The molecule has 1 N–H and O–H groups in total. The van der Waals surface area contributed by atoms with Crippen molar-refractivity contribution in [1.29, 1.82) is 0 Å². The fraction of sp³-hybridized carbons (Fsp3) is 0.364. The van der Waals surface area contributed by atoms with Crippen molar-refractivity contribution in [1.82, 2.24) is 9.79 Å². The van der Waals surface area contributed by atoms with Crippen LogP contribution in [0.1, 0.15) is 41.1 Å². The number of esters is 1. The lowest BCUT2D eigenvalue weighted by Crippen LogP contribution is -2.44. The minimum absolute atomic E-state index is 0.113. The highest BCUT2D eigenvalue weighted by Crippen LogP contribution is 2.44. The highest BCUT2D eigenvalue weighted by molar-refractivity contribution is 6.45. The molecule has 6 heteroatoms. The summed E-state index contributed by atoms with van der Waals surface area (Å²) in [5.41, 5.74) is 4.61. The number of carbonyl (C=O) groups is 1. The number of aromatic nitrogens is 1. The van der Waals surface area contributed by atoms with E-state index in [9.17, 15) is 9.82 Å². The van der Waals surface area contributed by atoms with E-state index in [1.54, 1.807) is 6.20 Å². The van der Waals surface area contributed by atoms with E-state index in [0.717, 1.165) is 42.8 Å². The van der Waals surface area contributed by atoms with Crippen molar-refractivity contribution in [3.8, 4) is 0 Å². The van der Waals surface area contributed by atoms with Gasteiger partial charge in [0.2, 0.25) is 0 Å². The van der Waals surface area contributed by atoms with Crippen LogP contribution in [0.4, 0.5) is 0 Å². The standard InChI is InChI=1S/C22H25BN2O3/c1-23(27)25-12-9-15(10-13-25)20-17-7-4-3-6-16(17)14-19(22(26)28-2)18-8-5-11-24-21(18)20/h3-8,11,14-15,20,27H,9-10,12-13H2,1-2H3. The molecule has 5 nitrogen and oxygen atoms in total. The molecule has 1 aromatic heterocycles. The lowest BCUT2D eigenvalue weighted by molar-refractivity contribution is -0.133. The molecule has 0 radical (unpaired) electrons. The molecule has 1 saturated heterocycles. The van der Waals surface area contributed by atoms with E-state index < -0.39 is 7.05 Å². The third-order valence-electron chi connectivity index (χ3n) is 6.03. The molecule has 28 heavy (non-hydrogen) atoms. The largest absolute Gasteiger partial charge is 0.465 e. The molecule has 144 valence electrons. The number of carbonyl (C=O) groups excluding carboxylic acids is 1. The number of nitrogens with zero attached hydrogens (tertiary/aromatic N) is 2. The van der Waals surface area contributed by atoms with Gasteiger partial charge in [0, 0.05) is 17.7 Å². The molecule has 1 unspecified atom stereocenters. The maximum Gasteiger partial charge on any atom is 0.376 e. The second-order valence-electron chi connectivity index (χ2n) is 7.60. The van der Waals surface area contributed by atoms with Crippen LogP contribution in [0.25, 0.3) is 11.6 Å². The molecule has 1 aliphatic heterocycles. The van der Waals surface area contributed by atoms with Crippen molar-refractivity contribution in [3.05, 3.63) is 65.0 Å². The fourth-order valence-electron chi connectivity index (χ4n) is 4.58. The smallest absolute Gasteiger partial charge is 0.376 e. The van der Waals surface area contributed by atoms with Crippen LogP contribution in [0.2, 0.25) is 6.82 Å². The maximum atomic E-state index is 12.5. The second-order valence-corrected chi connectivity index (χ2v) is 7.60. The van der Waals surface area contributed by atoms with E-state index >= 15 is 0 Å². The van der Waals surface area contributed by atoms with E-state index in [4.69, 9.17) is 9.72 Å². The maximum absolute atomic E-state index is 12.5. The number of rotatable bonds is 3. The topological polar surface area (TPSA) is 62.7 Å². The minimum atomic E-state index is -0.416. The Morgan fingerprint density at radius 2 is 1.96 bits per heavy atom. The van der Waals surface area contributed by atoms with E-state index in [-0.39, 0.29) is 11.9 Å². The number of pyridine rings is 1. The number of fused-ring (bicyclic) bond motifs is 2. The van der Waals surface area contributed by atoms with Crippen molar-refractivity contribution in [2.75, 3.05) is 20.2 Å². The molecular formula is C22H25BN2O3. The Morgan fingerprint density at radius 3 is 2.68 bits per heavy atom. The molecule has 1 atom stereocenters. The van der Waals surface area contributed by atoms with Crippen LogP contribution in [0.5, 0.6) is 0 Å². The molecule has 0 saturated carbocycles. The quantitative estimate of drug-likeness (QED) is 0.659. The van der Waals surface area contributed by atoms with Gasteiger partial charge in [0.25, 0.3) is 0 Å². The summed E-state index contributed by atoms with van der Waals surface area (Å²) >= 11 is 0. The first-order chi connectivity index (χ1) is 13.6. The van der Waals surface area contributed by atoms with Gasteiger partial charge in [0.1, 0.15) is 0 Å². The zero-order valence-electron chi connectivity index (χ0n) is 16.3. The van der Waals surface area contributed by atoms with Gasteiger partial charge in [-0.05, 0) is 61.9 Å². The summed E-state index contributed by atoms with van der Waals surface area (Å²) in [6.45, 7) is 3.55. The molecule has 1 aromatic carbocycles. The average Bonchev–Trinajstić information content (AvgIpc) is 2.88. The predicted molar refractivity (Wildman–Crippen MR) is 111 cm³/mol. The normalized spacial score (nSPS) is 19.8. The van der Waals surface area contributed by atoms with E-state index in [0.29, 0.717) is 11.5 Å². The van der Waals surface area contributed by atoms with Gasteiger partial charge in [-0.2, -0.15) is 0 Å². The van der Waals surface area contributed by atoms with Crippen LogP contribution >= 0.6 is 0 Å². The Bertz CT molecular complexity index is 904. The highest BCUT2D eigenvalue weighted by atomic mass is 16.5. The first kappa shape index (κ1) is 18.9. The van der Waals surface area contributed by atoms with Crippen LogP contribution in [0.15, 0.2) is 42.6 Å². The van der Waals surface area contributed by atoms with Gasteiger partial charge in [-0.15, -0.1) is 0 Å². The van der Waals surface area contributed by atoms with Crippen molar-refractivity contribution < 1.29 is 14.6 Å². The lowest BCUT2D eigenvalue weighted by Gasteiger charge is -2.37. The SMILES string of the molecule is COC(=O)C1=Cc2ccccc2C(C2CCN(B(C)O)CC2)c2ncccc21. The first-order valence-corrected chi connectivity index (χ1v) is 9.86. The number of benzene rings is 1. The molecule has 0 bridgehead atoms. The van der Waals surface area contributed by atoms with Crippen LogP contribution < -0.4 is 0 Å². The predicted octanol–water partition coefficient (Wildman–Crippen LogP) is 3.06. The highest BCUT2D eigenvalue weighted by Gasteiger charge is 2.36. The number of ether oxygens (including phenoxy) is 1. The van der Waals surface area contributed by atoms with Gasteiger partial charge in [-0.3, -0.25) is 4.98 Å². The summed E-state index contributed by atoms with van der Waals surface area (Å²) in [5, 5.41) is 9.91. The fourth-order valence-corrected chi connectivity index (χ4v) is 4.58. The van der Waals surface area contributed by atoms with Crippen LogP contribution in [0, 0.1) is 5.92 Å². The van der Waals surface area contributed by atoms with Crippen LogP contribution in [0.3, 0.4) is 0 Å². The molecular weight excluding hydrogens is 351 g/mol. The van der Waals surface area contributed by atoms with Crippen LogP contribution in [-0.4, -0.2) is 48.0 Å². The molecule has 2 aromatic rings. The third kappa shape index (κ3) is 3.38. The zero-order valence-corrected chi connectivity index (χ0v) is 16.3. The van der Waals surface area contributed by atoms with Crippen LogP contribution in [-0.2, 0) is 9.53 Å². The number of methoxy groups -OCH3 is 1. The lowest BCUT2D eigenvalue weighted by atomic mass is 9.73. The number of piperidine rings is 1. The van der Waals surface area contributed by atoms with Crippen molar-refractivity contribution in [2.45, 2.75) is 25.6 Å².